The first-order valence-electron chi connectivity index (χ1n) is 9.03. The SMILES string of the molecule is COc1cc(C(C)NC(=O)c2cccc(S(C)(=O)=O)c2)ccc1OCC(C)C. The summed E-state index contributed by atoms with van der Waals surface area (Å²) in [5, 5.41) is 2.88. The number of ether oxygens (including phenoxy) is 2. The van der Waals surface area contributed by atoms with Crippen LogP contribution in [0.5, 0.6) is 11.5 Å². The number of hydrogen-bond donors (Lipinski definition) is 1. The first-order chi connectivity index (χ1) is 13.1. The Hall–Kier alpha value is -2.54. The molecule has 1 N–H and O–H groups in total. The molecule has 2 rings (SSSR count). The minimum atomic E-state index is -3.38. The van der Waals surface area contributed by atoms with E-state index in [9.17, 15) is 13.2 Å². The van der Waals surface area contributed by atoms with Crippen LogP contribution in [-0.2, 0) is 9.84 Å². The quantitative estimate of drug-likeness (QED) is 0.725. The van der Waals surface area contributed by atoms with Gasteiger partial charge in [-0.3, -0.25) is 4.79 Å². The number of methoxy groups -OCH3 is 1. The number of nitrogens with one attached hydrogen (secondary N) is 1. The largest absolute Gasteiger partial charge is 0.493 e. The van der Waals surface area contributed by atoms with Crippen LogP contribution in [-0.4, -0.2) is 34.3 Å². The summed E-state index contributed by atoms with van der Waals surface area (Å²) in [6, 6.07) is 11.2. The molecule has 1 unspecified atom stereocenters. The Kier molecular flexibility index (Phi) is 7.07. The van der Waals surface area contributed by atoms with Gasteiger partial charge in [-0.2, -0.15) is 0 Å². The molecule has 0 aromatic heterocycles. The molecule has 0 saturated carbocycles. The standard InChI is InChI=1S/C21H27NO5S/c1-14(2)13-27-19-10-9-16(12-20(19)26-4)15(3)22-21(23)17-7-6-8-18(11-17)28(5,24)25/h6-12,14-15H,13H2,1-5H3,(H,22,23). The van der Waals surface area contributed by atoms with Crippen LogP contribution in [0, 0.1) is 5.92 Å². The van der Waals surface area contributed by atoms with Crippen LogP contribution >= 0.6 is 0 Å². The zero-order valence-corrected chi connectivity index (χ0v) is 17.7. The molecular formula is C21H27NO5S. The van der Waals surface area contributed by atoms with Gasteiger partial charge in [0.05, 0.1) is 24.7 Å². The van der Waals surface area contributed by atoms with E-state index in [4.69, 9.17) is 9.47 Å². The average molecular weight is 406 g/mol. The fourth-order valence-electron chi connectivity index (χ4n) is 2.56. The summed E-state index contributed by atoms with van der Waals surface area (Å²) >= 11 is 0. The highest BCUT2D eigenvalue weighted by Crippen LogP contribution is 2.30. The molecule has 0 saturated heterocycles. The zero-order valence-electron chi connectivity index (χ0n) is 16.9. The summed E-state index contributed by atoms with van der Waals surface area (Å²) in [7, 11) is -1.80. The van der Waals surface area contributed by atoms with E-state index in [0.717, 1.165) is 11.8 Å². The smallest absolute Gasteiger partial charge is 0.251 e. The summed E-state index contributed by atoms with van der Waals surface area (Å²) in [4.78, 5) is 12.7. The summed E-state index contributed by atoms with van der Waals surface area (Å²) in [5.74, 6) is 1.29. The fourth-order valence-corrected chi connectivity index (χ4v) is 3.23. The number of carbonyl (C=O) groups excluding carboxylic acids is 1. The van der Waals surface area contributed by atoms with Gasteiger partial charge in [0.1, 0.15) is 0 Å². The van der Waals surface area contributed by atoms with Crippen molar-refractivity contribution in [3.05, 3.63) is 53.6 Å². The minimum absolute atomic E-state index is 0.112. The fraction of sp³-hybridized carbons (Fsp3) is 0.381. The van der Waals surface area contributed by atoms with Gasteiger partial charge in [0.2, 0.25) is 0 Å². The summed E-state index contributed by atoms with van der Waals surface area (Å²) < 4.78 is 34.5. The lowest BCUT2D eigenvalue weighted by atomic mass is 10.1. The molecule has 0 radical (unpaired) electrons. The maximum absolute atomic E-state index is 12.5. The van der Waals surface area contributed by atoms with Crippen LogP contribution in [0.1, 0.15) is 42.7 Å². The number of amides is 1. The van der Waals surface area contributed by atoms with Crippen molar-refractivity contribution < 1.29 is 22.7 Å². The maximum atomic E-state index is 12.5. The van der Waals surface area contributed by atoms with Gasteiger partial charge in [0.15, 0.2) is 21.3 Å². The van der Waals surface area contributed by atoms with Crippen molar-refractivity contribution in [2.45, 2.75) is 31.7 Å². The first kappa shape index (κ1) is 21.8. The van der Waals surface area contributed by atoms with Crippen LogP contribution < -0.4 is 14.8 Å². The molecule has 152 valence electrons. The predicted molar refractivity (Wildman–Crippen MR) is 109 cm³/mol. The molecule has 0 heterocycles. The third kappa shape index (κ3) is 5.73. The third-order valence-corrected chi connectivity index (χ3v) is 5.24. The van der Waals surface area contributed by atoms with Crippen molar-refractivity contribution in [1.29, 1.82) is 0 Å². The van der Waals surface area contributed by atoms with Crippen LogP contribution in [0.2, 0.25) is 0 Å². The van der Waals surface area contributed by atoms with E-state index in [-0.39, 0.29) is 16.8 Å². The van der Waals surface area contributed by atoms with Crippen molar-refractivity contribution in [3.63, 3.8) is 0 Å². The van der Waals surface area contributed by atoms with Crippen molar-refractivity contribution in [3.8, 4) is 11.5 Å². The van der Waals surface area contributed by atoms with Gasteiger partial charge in [0, 0.05) is 11.8 Å². The lowest BCUT2D eigenvalue weighted by Crippen LogP contribution is -2.26. The van der Waals surface area contributed by atoms with E-state index in [2.05, 4.69) is 19.2 Å². The molecule has 7 heteroatoms. The van der Waals surface area contributed by atoms with E-state index in [1.807, 2.05) is 25.1 Å². The average Bonchev–Trinajstić information content (AvgIpc) is 2.65. The summed E-state index contributed by atoms with van der Waals surface area (Å²) in [6.45, 7) is 6.56. The lowest BCUT2D eigenvalue weighted by molar-refractivity contribution is 0.0939. The molecule has 2 aromatic carbocycles. The number of hydrogen-bond acceptors (Lipinski definition) is 5. The van der Waals surface area contributed by atoms with Crippen LogP contribution in [0.4, 0.5) is 0 Å². The van der Waals surface area contributed by atoms with Gasteiger partial charge in [-0.05, 0) is 48.7 Å². The topological polar surface area (TPSA) is 81.7 Å². The molecule has 1 atom stereocenters. The van der Waals surface area contributed by atoms with E-state index >= 15 is 0 Å². The van der Waals surface area contributed by atoms with E-state index < -0.39 is 9.84 Å². The second-order valence-corrected chi connectivity index (χ2v) is 9.13. The zero-order chi connectivity index (χ0) is 20.9. The molecule has 28 heavy (non-hydrogen) atoms. The number of sulfone groups is 1. The second kappa shape index (κ2) is 9.10. The van der Waals surface area contributed by atoms with Crippen LogP contribution in [0.3, 0.4) is 0 Å². The van der Waals surface area contributed by atoms with Gasteiger partial charge in [-0.15, -0.1) is 0 Å². The highest BCUT2D eigenvalue weighted by Gasteiger charge is 2.16. The Bertz CT molecular complexity index is 938. The maximum Gasteiger partial charge on any atom is 0.251 e. The molecule has 6 nitrogen and oxygen atoms in total. The molecule has 2 aromatic rings. The highest BCUT2D eigenvalue weighted by atomic mass is 32.2. The van der Waals surface area contributed by atoms with Gasteiger partial charge >= 0.3 is 0 Å². The normalized spacial score (nSPS) is 12.5. The first-order valence-corrected chi connectivity index (χ1v) is 10.9. The molecule has 0 bridgehead atoms. The summed E-state index contributed by atoms with van der Waals surface area (Å²) in [5.41, 5.74) is 1.14. The molecule has 0 aliphatic rings. The molecule has 0 aliphatic carbocycles. The lowest BCUT2D eigenvalue weighted by Gasteiger charge is -2.18. The van der Waals surface area contributed by atoms with E-state index in [1.165, 1.54) is 12.1 Å². The number of rotatable bonds is 8. The Morgan fingerprint density at radius 1 is 1.07 bits per heavy atom. The highest BCUT2D eigenvalue weighted by molar-refractivity contribution is 7.90. The van der Waals surface area contributed by atoms with Gasteiger partial charge < -0.3 is 14.8 Å². The Morgan fingerprint density at radius 3 is 2.39 bits per heavy atom. The molecule has 0 fully saturated rings. The Labute approximate surface area is 166 Å². The van der Waals surface area contributed by atoms with Crippen molar-refractivity contribution in [2.75, 3.05) is 20.0 Å². The van der Waals surface area contributed by atoms with Crippen LogP contribution in [0.15, 0.2) is 47.4 Å². The third-order valence-electron chi connectivity index (χ3n) is 4.13. The minimum Gasteiger partial charge on any atom is -0.493 e. The number of carbonyl (C=O) groups is 1. The van der Waals surface area contributed by atoms with Gasteiger partial charge in [-0.1, -0.05) is 26.0 Å². The van der Waals surface area contributed by atoms with Crippen molar-refractivity contribution >= 4 is 15.7 Å². The van der Waals surface area contributed by atoms with E-state index in [1.54, 1.807) is 19.2 Å². The van der Waals surface area contributed by atoms with Crippen molar-refractivity contribution in [2.24, 2.45) is 5.92 Å². The molecule has 0 spiro atoms. The summed E-state index contributed by atoms with van der Waals surface area (Å²) in [6.07, 6.45) is 1.11. The molecule has 1 amide bonds. The van der Waals surface area contributed by atoms with Crippen LogP contribution in [0.25, 0.3) is 0 Å². The van der Waals surface area contributed by atoms with Gasteiger partial charge in [-0.25, -0.2) is 8.42 Å². The Morgan fingerprint density at radius 2 is 1.79 bits per heavy atom. The van der Waals surface area contributed by atoms with E-state index in [0.29, 0.717) is 29.6 Å². The molecular weight excluding hydrogens is 378 g/mol. The molecule has 0 aliphatic heterocycles. The second-order valence-electron chi connectivity index (χ2n) is 7.11. The number of benzene rings is 2. The van der Waals surface area contributed by atoms with Crippen molar-refractivity contribution in [1.82, 2.24) is 5.32 Å². The Balaban J connectivity index is 2.16. The predicted octanol–water partition coefficient (Wildman–Crippen LogP) is 3.62. The monoisotopic (exact) mass is 405 g/mol. The van der Waals surface area contributed by atoms with Gasteiger partial charge in [0.25, 0.3) is 5.91 Å².